The number of amides is 1. The standard InChI is InChI=1S/C26H23N3O3S/c1-17(24(30)28-16-15-18-7-3-6-10-23(18)28)33-26-27-22-9-5-4-8-21(22)25(31)29(26)19-11-13-20(32-2)14-12-19/h3-14,17H,15-16H2,1-2H3. The molecule has 1 aliphatic heterocycles. The van der Waals surface area contributed by atoms with Gasteiger partial charge in [0.1, 0.15) is 5.75 Å². The number of fused-ring (bicyclic) bond motifs is 2. The fourth-order valence-corrected chi connectivity index (χ4v) is 5.13. The van der Waals surface area contributed by atoms with E-state index >= 15 is 0 Å². The van der Waals surface area contributed by atoms with Crippen molar-refractivity contribution in [2.24, 2.45) is 0 Å². The van der Waals surface area contributed by atoms with Crippen molar-refractivity contribution in [2.75, 3.05) is 18.6 Å². The second-order valence-electron chi connectivity index (χ2n) is 7.88. The van der Waals surface area contributed by atoms with Gasteiger partial charge in [-0.25, -0.2) is 4.98 Å². The number of rotatable bonds is 5. The van der Waals surface area contributed by atoms with E-state index in [1.54, 1.807) is 29.9 Å². The number of nitrogens with zero attached hydrogens (tertiary/aromatic N) is 3. The van der Waals surface area contributed by atoms with Crippen LogP contribution in [-0.2, 0) is 11.2 Å². The molecular formula is C26H23N3O3S. The van der Waals surface area contributed by atoms with E-state index in [0.29, 0.717) is 34.0 Å². The molecule has 0 saturated heterocycles. The summed E-state index contributed by atoms with van der Waals surface area (Å²) in [5.41, 5.74) is 3.27. The van der Waals surface area contributed by atoms with Crippen LogP contribution in [0.25, 0.3) is 16.6 Å². The van der Waals surface area contributed by atoms with Crippen LogP contribution >= 0.6 is 11.8 Å². The van der Waals surface area contributed by atoms with Crippen LogP contribution in [0, 0.1) is 0 Å². The van der Waals surface area contributed by atoms with E-state index in [0.717, 1.165) is 12.1 Å². The maximum Gasteiger partial charge on any atom is 0.266 e. The molecule has 6 nitrogen and oxygen atoms in total. The van der Waals surface area contributed by atoms with Gasteiger partial charge in [0.25, 0.3) is 5.56 Å². The van der Waals surface area contributed by atoms with Crippen LogP contribution in [0.3, 0.4) is 0 Å². The van der Waals surface area contributed by atoms with E-state index in [1.807, 2.05) is 60.4 Å². The van der Waals surface area contributed by atoms with Gasteiger partial charge in [0.2, 0.25) is 5.91 Å². The van der Waals surface area contributed by atoms with Crippen LogP contribution in [0.4, 0.5) is 5.69 Å². The van der Waals surface area contributed by atoms with Crippen molar-refractivity contribution in [1.29, 1.82) is 0 Å². The number of para-hydroxylation sites is 2. The molecule has 0 fully saturated rings. The number of benzene rings is 3. The third kappa shape index (κ3) is 3.89. The third-order valence-electron chi connectivity index (χ3n) is 5.86. The molecule has 7 heteroatoms. The molecule has 0 bridgehead atoms. The predicted molar refractivity (Wildman–Crippen MR) is 132 cm³/mol. The molecular weight excluding hydrogens is 434 g/mol. The van der Waals surface area contributed by atoms with Crippen LogP contribution in [-0.4, -0.2) is 34.4 Å². The molecule has 1 atom stereocenters. The third-order valence-corrected chi connectivity index (χ3v) is 6.90. The Labute approximate surface area is 195 Å². The average molecular weight is 458 g/mol. The highest BCUT2D eigenvalue weighted by Gasteiger charge is 2.29. The van der Waals surface area contributed by atoms with Gasteiger partial charge in [-0.15, -0.1) is 0 Å². The van der Waals surface area contributed by atoms with E-state index in [1.165, 1.54) is 17.3 Å². The summed E-state index contributed by atoms with van der Waals surface area (Å²) in [7, 11) is 1.60. The molecule has 1 aliphatic rings. The highest BCUT2D eigenvalue weighted by Crippen LogP contribution is 2.32. The predicted octanol–water partition coefficient (Wildman–Crippen LogP) is 4.46. The van der Waals surface area contributed by atoms with Gasteiger partial charge in [0.15, 0.2) is 5.16 Å². The topological polar surface area (TPSA) is 64.4 Å². The van der Waals surface area contributed by atoms with Gasteiger partial charge >= 0.3 is 0 Å². The Hall–Kier alpha value is -3.58. The SMILES string of the molecule is COc1ccc(-n2c(SC(C)C(=O)N3CCc4ccccc43)nc3ccccc3c2=O)cc1. The Balaban J connectivity index is 1.54. The van der Waals surface area contributed by atoms with E-state index < -0.39 is 5.25 Å². The van der Waals surface area contributed by atoms with Gasteiger partial charge in [0, 0.05) is 12.2 Å². The minimum absolute atomic E-state index is 0.00800. The minimum Gasteiger partial charge on any atom is -0.497 e. The van der Waals surface area contributed by atoms with Crippen molar-refractivity contribution >= 4 is 34.3 Å². The van der Waals surface area contributed by atoms with Crippen molar-refractivity contribution in [2.45, 2.75) is 23.8 Å². The fraction of sp³-hybridized carbons (Fsp3) is 0.192. The van der Waals surface area contributed by atoms with E-state index in [2.05, 4.69) is 6.07 Å². The summed E-state index contributed by atoms with van der Waals surface area (Å²) < 4.78 is 6.84. The molecule has 33 heavy (non-hydrogen) atoms. The first-order valence-electron chi connectivity index (χ1n) is 10.8. The number of thioether (sulfide) groups is 1. The Kier molecular flexibility index (Phi) is 5.64. The van der Waals surface area contributed by atoms with Gasteiger partial charge in [0.05, 0.1) is 29.0 Å². The number of anilines is 1. The van der Waals surface area contributed by atoms with Crippen LogP contribution in [0.5, 0.6) is 5.75 Å². The normalized spacial score (nSPS) is 13.7. The zero-order chi connectivity index (χ0) is 22.9. The zero-order valence-electron chi connectivity index (χ0n) is 18.4. The summed E-state index contributed by atoms with van der Waals surface area (Å²) in [5.74, 6) is 0.708. The van der Waals surface area contributed by atoms with Gasteiger partial charge < -0.3 is 9.64 Å². The summed E-state index contributed by atoms with van der Waals surface area (Å²) in [6.07, 6.45) is 0.851. The minimum atomic E-state index is -0.422. The summed E-state index contributed by atoms with van der Waals surface area (Å²) >= 11 is 1.30. The Bertz CT molecular complexity index is 1400. The molecule has 1 unspecified atom stereocenters. The lowest BCUT2D eigenvalue weighted by molar-refractivity contribution is -0.117. The summed E-state index contributed by atoms with van der Waals surface area (Å²) in [5, 5.41) is 0.594. The number of aromatic nitrogens is 2. The monoisotopic (exact) mass is 457 g/mol. The first-order valence-corrected chi connectivity index (χ1v) is 11.7. The largest absolute Gasteiger partial charge is 0.497 e. The molecule has 0 N–H and O–H groups in total. The molecule has 0 aliphatic carbocycles. The Morgan fingerprint density at radius 3 is 2.55 bits per heavy atom. The Morgan fingerprint density at radius 1 is 1.03 bits per heavy atom. The molecule has 3 aromatic carbocycles. The van der Waals surface area contributed by atoms with E-state index in [-0.39, 0.29) is 11.5 Å². The molecule has 5 rings (SSSR count). The number of carbonyl (C=O) groups excluding carboxylic acids is 1. The van der Waals surface area contributed by atoms with Gasteiger partial charge in [-0.1, -0.05) is 42.1 Å². The first-order chi connectivity index (χ1) is 16.1. The summed E-state index contributed by atoms with van der Waals surface area (Å²) in [6, 6.07) is 22.5. The van der Waals surface area contributed by atoms with Crippen molar-refractivity contribution < 1.29 is 9.53 Å². The zero-order valence-corrected chi connectivity index (χ0v) is 19.2. The molecule has 0 saturated carbocycles. The van der Waals surface area contributed by atoms with E-state index in [4.69, 9.17) is 9.72 Å². The number of hydrogen-bond acceptors (Lipinski definition) is 5. The van der Waals surface area contributed by atoms with Crippen molar-refractivity contribution in [3.8, 4) is 11.4 Å². The Morgan fingerprint density at radius 2 is 1.76 bits per heavy atom. The number of carbonyl (C=O) groups is 1. The molecule has 1 aromatic heterocycles. The van der Waals surface area contributed by atoms with Crippen LogP contribution in [0.15, 0.2) is 82.7 Å². The first kappa shape index (κ1) is 21.3. The maximum atomic E-state index is 13.5. The molecule has 0 radical (unpaired) electrons. The van der Waals surface area contributed by atoms with Gasteiger partial charge in [-0.3, -0.25) is 14.2 Å². The van der Waals surface area contributed by atoms with Crippen molar-refractivity contribution in [3.05, 3.63) is 88.7 Å². The lowest BCUT2D eigenvalue weighted by Crippen LogP contribution is -2.35. The highest BCUT2D eigenvalue weighted by molar-refractivity contribution is 8.00. The average Bonchev–Trinajstić information content (AvgIpc) is 3.28. The van der Waals surface area contributed by atoms with Crippen molar-refractivity contribution in [1.82, 2.24) is 9.55 Å². The molecule has 0 spiro atoms. The summed E-state index contributed by atoms with van der Waals surface area (Å²) in [6.45, 7) is 2.53. The smallest absolute Gasteiger partial charge is 0.266 e. The van der Waals surface area contributed by atoms with E-state index in [9.17, 15) is 9.59 Å². The van der Waals surface area contributed by atoms with Crippen LogP contribution < -0.4 is 15.2 Å². The summed E-state index contributed by atoms with van der Waals surface area (Å²) in [4.78, 5) is 33.4. The lowest BCUT2D eigenvalue weighted by atomic mass is 10.2. The van der Waals surface area contributed by atoms with Gasteiger partial charge in [-0.05, 0) is 61.4 Å². The molecule has 4 aromatic rings. The lowest BCUT2D eigenvalue weighted by Gasteiger charge is -2.22. The maximum absolute atomic E-state index is 13.5. The number of hydrogen-bond donors (Lipinski definition) is 0. The van der Waals surface area contributed by atoms with Gasteiger partial charge in [-0.2, -0.15) is 0 Å². The number of methoxy groups -OCH3 is 1. The second kappa shape index (κ2) is 8.75. The molecule has 1 amide bonds. The molecule has 166 valence electrons. The highest BCUT2D eigenvalue weighted by atomic mass is 32.2. The molecule has 2 heterocycles. The van der Waals surface area contributed by atoms with Crippen LogP contribution in [0.1, 0.15) is 12.5 Å². The quantitative estimate of drug-likeness (QED) is 0.327. The van der Waals surface area contributed by atoms with Crippen LogP contribution in [0.2, 0.25) is 0 Å². The second-order valence-corrected chi connectivity index (χ2v) is 9.19. The van der Waals surface area contributed by atoms with Crippen molar-refractivity contribution in [3.63, 3.8) is 0 Å². The number of ether oxygens (including phenoxy) is 1. The fourth-order valence-electron chi connectivity index (χ4n) is 4.15.